The smallest absolute Gasteiger partial charge is 0.338 e. The molecule has 1 atom stereocenters. The third-order valence-corrected chi connectivity index (χ3v) is 8.81. The lowest BCUT2D eigenvalue weighted by Crippen LogP contribution is -2.40. The zero-order valence-electron chi connectivity index (χ0n) is 22.3. The zero-order valence-corrected chi connectivity index (χ0v) is 26.3. The Morgan fingerprint density at radius 3 is 2.52 bits per heavy atom. The molecule has 1 aromatic carbocycles. The van der Waals surface area contributed by atoms with E-state index >= 15 is 0 Å². The van der Waals surface area contributed by atoms with Crippen molar-refractivity contribution >= 4 is 61.1 Å². The number of hydrogen-bond donors (Lipinski definition) is 0. The molecule has 10 nitrogen and oxygen atoms in total. The fourth-order valence-corrected chi connectivity index (χ4v) is 6.85. The fraction of sp³-hybridized carbons (Fsp3) is 0.370. The van der Waals surface area contributed by atoms with E-state index in [4.69, 9.17) is 23.4 Å². The van der Waals surface area contributed by atoms with Gasteiger partial charge in [-0.25, -0.2) is 9.79 Å². The molecule has 0 saturated carbocycles. The van der Waals surface area contributed by atoms with Crippen LogP contribution in [0.3, 0.4) is 0 Å². The van der Waals surface area contributed by atoms with E-state index in [1.165, 1.54) is 23.0 Å². The van der Waals surface area contributed by atoms with Crippen molar-refractivity contribution in [2.75, 3.05) is 52.0 Å². The van der Waals surface area contributed by atoms with Gasteiger partial charge in [0, 0.05) is 29.7 Å². The van der Waals surface area contributed by atoms with Crippen molar-refractivity contribution in [1.82, 2.24) is 4.57 Å². The van der Waals surface area contributed by atoms with Crippen LogP contribution in [0.1, 0.15) is 31.2 Å². The quantitative estimate of drug-likeness (QED) is 0.344. The van der Waals surface area contributed by atoms with Crippen molar-refractivity contribution < 1.29 is 28.2 Å². The minimum absolute atomic E-state index is 0.179. The van der Waals surface area contributed by atoms with Crippen LogP contribution in [-0.4, -0.2) is 57.7 Å². The van der Waals surface area contributed by atoms with Gasteiger partial charge < -0.3 is 28.3 Å². The monoisotopic (exact) mass is 695 g/mol. The number of hydrogen-bond acceptors (Lipinski definition) is 10. The highest BCUT2D eigenvalue weighted by atomic mass is 79.9. The minimum atomic E-state index is -0.820. The second kappa shape index (κ2) is 11.9. The number of benzene rings is 1. The Labute approximate surface area is 250 Å². The summed E-state index contributed by atoms with van der Waals surface area (Å²) >= 11 is 8.42. The zero-order chi connectivity index (χ0) is 28.6. The van der Waals surface area contributed by atoms with Crippen LogP contribution >= 0.6 is 43.2 Å². The number of allylic oxidation sites excluding steroid dienone is 1. The van der Waals surface area contributed by atoms with Gasteiger partial charge in [0.1, 0.15) is 5.76 Å². The summed E-state index contributed by atoms with van der Waals surface area (Å²) in [6, 6.07) is 4.51. The van der Waals surface area contributed by atoms with Crippen molar-refractivity contribution in [1.29, 1.82) is 0 Å². The topological polar surface area (TPSA) is 105 Å². The molecule has 3 aromatic rings. The number of nitrogens with zero attached hydrogens (tertiary/aromatic N) is 3. The average Bonchev–Trinajstić information content (AvgIpc) is 3.46. The molecule has 2 aliphatic heterocycles. The Morgan fingerprint density at radius 1 is 1.15 bits per heavy atom. The molecule has 5 rings (SSSR count). The predicted molar refractivity (Wildman–Crippen MR) is 157 cm³/mol. The van der Waals surface area contributed by atoms with Gasteiger partial charge in [-0.3, -0.25) is 9.36 Å². The first kappa shape index (κ1) is 28.7. The molecule has 13 heteroatoms. The van der Waals surface area contributed by atoms with Crippen molar-refractivity contribution in [2.24, 2.45) is 4.99 Å². The van der Waals surface area contributed by atoms with Crippen LogP contribution in [0, 0.1) is 0 Å². The van der Waals surface area contributed by atoms with Gasteiger partial charge >= 0.3 is 5.97 Å². The minimum Gasteiger partial charge on any atom is -0.493 e. The molecule has 0 amide bonds. The summed E-state index contributed by atoms with van der Waals surface area (Å²) in [5.74, 6) is 1.62. The maximum Gasteiger partial charge on any atom is 0.338 e. The Bertz CT molecular complexity index is 1670. The van der Waals surface area contributed by atoms with Gasteiger partial charge in [-0.1, -0.05) is 27.3 Å². The number of furan rings is 1. The largest absolute Gasteiger partial charge is 0.493 e. The number of methoxy groups -OCH3 is 2. The molecule has 0 aliphatic carbocycles. The maximum atomic E-state index is 14.0. The Balaban J connectivity index is 1.68. The number of morpholine rings is 1. The third-order valence-electron chi connectivity index (χ3n) is 6.57. The Kier molecular flexibility index (Phi) is 8.55. The number of anilines is 1. The Morgan fingerprint density at radius 2 is 1.85 bits per heavy atom. The molecule has 212 valence electrons. The summed E-state index contributed by atoms with van der Waals surface area (Å²) < 4.78 is 31.3. The van der Waals surface area contributed by atoms with Crippen LogP contribution in [-0.2, 0) is 14.3 Å². The highest BCUT2D eigenvalue weighted by molar-refractivity contribution is 9.11. The highest BCUT2D eigenvalue weighted by Crippen LogP contribution is 2.41. The average molecular weight is 697 g/mol. The predicted octanol–water partition coefficient (Wildman–Crippen LogP) is 3.77. The molecule has 40 heavy (non-hydrogen) atoms. The summed E-state index contributed by atoms with van der Waals surface area (Å²) in [4.78, 5) is 34.4. The van der Waals surface area contributed by atoms with E-state index in [0.29, 0.717) is 74.5 Å². The lowest BCUT2D eigenvalue weighted by Gasteiger charge is -2.26. The molecule has 0 spiro atoms. The normalized spacial score (nSPS) is 17.5. The van der Waals surface area contributed by atoms with Crippen LogP contribution < -0.4 is 29.3 Å². The first-order valence-electron chi connectivity index (χ1n) is 12.5. The fourth-order valence-electron chi connectivity index (χ4n) is 4.72. The molecule has 4 heterocycles. The lowest BCUT2D eigenvalue weighted by atomic mass is 9.95. The van der Waals surface area contributed by atoms with Gasteiger partial charge in [0.15, 0.2) is 16.3 Å². The number of ether oxygens (including phenoxy) is 4. The first-order valence-corrected chi connectivity index (χ1v) is 14.9. The molecule has 1 fully saturated rings. The standard InChI is InChI=1S/C27H27Br2N3O7S/c1-5-38-26(34)22-14(2)30-27-32(23(22)16-12-19(35-3)20(36-4)13-17(16)28)24(33)21(40-27)11-15-10-18(29)25(39-15)31-6-8-37-9-7-31/h10-13,23H,5-9H2,1-4H3/b21-11+/t23-/m0/s1. The number of fused-ring (bicyclic) bond motifs is 1. The number of carbonyl (C=O) groups excluding carboxylic acids is 1. The van der Waals surface area contributed by atoms with Crippen molar-refractivity contribution in [3.05, 3.63) is 69.4 Å². The number of rotatable bonds is 7. The molecular weight excluding hydrogens is 670 g/mol. The van der Waals surface area contributed by atoms with Gasteiger partial charge in [0.05, 0.1) is 60.4 Å². The molecule has 0 bridgehead atoms. The van der Waals surface area contributed by atoms with Gasteiger partial charge in [0.2, 0.25) is 5.88 Å². The van der Waals surface area contributed by atoms with E-state index in [9.17, 15) is 9.59 Å². The summed E-state index contributed by atoms with van der Waals surface area (Å²) in [5, 5.41) is 0. The summed E-state index contributed by atoms with van der Waals surface area (Å²) in [7, 11) is 3.07. The molecule has 2 aromatic heterocycles. The van der Waals surface area contributed by atoms with E-state index in [0.717, 1.165) is 4.47 Å². The molecule has 2 aliphatic rings. The summed E-state index contributed by atoms with van der Waals surface area (Å²) in [6.07, 6.45) is 1.70. The molecular formula is C27H27Br2N3O7S. The summed E-state index contributed by atoms with van der Waals surface area (Å²) in [6.45, 7) is 6.32. The first-order chi connectivity index (χ1) is 19.3. The lowest BCUT2D eigenvalue weighted by molar-refractivity contribution is -0.139. The number of carbonyl (C=O) groups is 1. The van der Waals surface area contributed by atoms with Crippen LogP contribution in [0.4, 0.5) is 5.88 Å². The second-order valence-corrected chi connectivity index (χ2v) is 11.7. The van der Waals surface area contributed by atoms with Crippen molar-refractivity contribution in [2.45, 2.75) is 19.9 Å². The van der Waals surface area contributed by atoms with E-state index in [2.05, 4.69) is 41.8 Å². The van der Waals surface area contributed by atoms with Crippen LogP contribution in [0.15, 0.2) is 52.6 Å². The maximum absolute atomic E-state index is 14.0. The number of halogens is 2. The molecule has 0 unspecified atom stereocenters. The van der Waals surface area contributed by atoms with Crippen LogP contribution in [0.5, 0.6) is 11.5 Å². The number of esters is 1. The summed E-state index contributed by atoms with van der Waals surface area (Å²) in [5.41, 5.74) is 1.04. The molecule has 0 radical (unpaired) electrons. The second-order valence-electron chi connectivity index (χ2n) is 8.93. The van der Waals surface area contributed by atoms with Gasteiger partial charge in [-0.05, 0) is 47.5 Å². The van der Waals surface area contributed by atoms with E-state index in [1.807, 2.05) is 6.07 Å². The Hall–Kier alpha value is -2.87. The van der Waals surface area contributed by atoms with E-state index in [1.54, 1.807) is 39.2 Å². The molecule has 1 saturated heterocycles. The highest BCUT2D eigenvalue weighted by Gasteiger charge is 2.35. The van der Waals surface area contributed by atoms with Crippen LogP contribution in [0.25, 0.3) is 6.08 Å². The number of thiazole rings is 1. The van der Waals surface area contributed by atoms with Gasteiger partial charge in [-0.15, -0.1) is 0 Å². The van der Waals surface area contributed by atoms with Crippen LogP contribution in [0.2, 0.25) is 0 Å². The SMILES string of the molecule is CCOC(=O)C1=C(C)N=c2s/c(=C/c3cc(Br)c(N4CCOCC4)o3)c(=O)n2[C@H]1c1cc(OC)c(OC)cc1Br. The van der Waals surface area contributed by atoms with E-state index in [-0.39, 0.29) is 17.7 Å². The number of aromatic nitrogens is 1. The van der Waals surface area contributed by atoms with Crippen molar-refractivity contribution in [3.8, 4) is 11.5 Å². The van der Waals surface area contributed by atoms with Gasteiger partial charge in [-0.2, -0.15) is 0 Å². The van der Waals surface area contributed by atoms with Crippen molar-refractivity contribution in [3.63, 3.8) is 0 Å². The van der Waals surface area contributed by atoms with E-state index < -0.39 is 12.0 Å². The van der Waals surface area contributed by atoms with Gasteiger partial charge in [0.25, 0.3) is 5.56 Å². The third kappa shape index (κ3) is 5.27. The molecule has 0 N–H and O–H groups in total.